The third kappa shape index (κ3) is 5.83. The number of hydrogen-bond acceptors (Lipinski definition) is 3. The predicted molar refractivity (Wildman–Crippen MR) is 66.5 cm³/mol. The highest BCUT2D eigenvalue weighted by molar-refractivity contribution is 5.08. The summed E-state index contributed by atoms with van der Waals surface area (Å²) < 4.78 is 49.0. The number of nitrogens with zero attached hydrogens (tertiary/aromatic N) is 2. The molecule has 0 bridgehead atoms. The zero-order valence-corrected chi connectivity index (χ0v) is 11.4. The van der Waals surface area contributed by atoms with Crippen LogP contribution in [-0.2, 0) is 0 Å². The Hall–Kier alpha value is -1.21. The predicted octanol–water partition coefficient (Wildman–Crippen LogP) is 2.77. The topological polar surface area (TPSA) is 36.4 Å². The fourth-order valence-electron chi connectivity index (χ4n) is 1.85. The maximum Gasteiger partial charge on any atom is 0.390 e. The number of rotatable bonds is 6. The summed E-state index contributed by atoms with van der Waals surface area (Å²) in [7, 11) is 1.56. The first kappa shape index (κ1) is 16.8. The molecule has 0 aliphatic heterocycles. The van der Waals surface area contributed by atoms with Crippen LogP contribution in [0.5, 0.6) is 0 Å². The maximum atomic E-state index is 12.7. The number of hydrogen-bond donors (Lipinski definition) is 1. The maximum absolute atomic E-state index is 12.7. The Bertz CT molecular complexity index is 408. The summed E-state index contributed by atoms with van der Waals surface area (Å²) in [5, 5.41) is 10.0. The smallest absolute Gasteiger partial charge is 0.386 e. The Morgan fingerprint density at radius 1 is 1.35 bits per heavy atom. The number of pyridine rings is 1. The normalized spacial score (nSPS) is 15.4. The van der Waals surface area contributed by atoms with Crippen molar-refractivity contribution in [3.8, 4) is 0 Å². The van der Waals surface area contributed by atoms with Crippen LogP contribution in [0, 0.1) is 11.7 Å². The fourth-order valence-corrected chi connectivity index (χ4v) is 1.85. The highest BCUT2D eigenvalue weighted by Crippen LogP contribution is 2.22. The molecule has 0 radical (unpaired) electrons. The van der Waals surface area contributed by atoms with Crippen LogP contribution in [0.25, 0.3) is 0 Å². The van der Waals surface area contributed by atoms with Crippen molar-refractivity contribution in [2.45, 2.75) is 25.6 Å². The molecule has 0 fully saturated rings. The van der Waals surface area contributed by atoms with Crippen molar-refractivity contribution in [1.82, 2.24) is 9.88 Å². The van der Waals surface area contributed by atoms with Gasteiger partial charge >= 0.3 is 6.18 Å². The van der Waals surface area contributed by atoms with Gasteiger partial charge in [-0.05, 0) is 19.2 Å². The van der Waals surface area contributed by atoms with Crippen LogP contribution in [0.3, 0.4) is 0 Å². The minimum Gasteiger partial charge on any atom is -0.386 e. The zero-order chi connectivity index (χ0) is 15.3. The zero-order valence-electron chi connectivity index (χ0n) is 11.4. The van der Waals surface area contributed by atoms with Gasteiger partial charge in [0.2, 0.25) is 0 Å². The van der Waals surface area contributed by atoms with E-state index < -0.39 is 24.5 Å². The summed E-state index contributed by atoms with van der Waals surface area (Å²) in [6, 6.07) is 2.55. The molecule has 3 nitrogen and oxygen atoms in total. The Labute approximate surface area is 115 Å². The molecule has 0 spiro atoms. The van der Waals surface area contributed by atoms with Crippen molar-refractivity contribution in [1.29, 1.82) is 0 Å². The molecule has 20 heavy (non-hydrogen) atoms. The second-order valence-corrected chi connectivity index (χ2v) is 4.95. The molecule has 0 aliphatic rings. The van der Waals surface area contributed by atoms with Gasteiger partial charge in [-0.15, -0.1) is 0 Å². The lowest BCUT2D eigenvalue weighted by atomic mass is 10.0. The molecule has 2 unspecified atom stereocenters. The van der Waals surface area contributed by atoms with Crippen molar-refractivity contribution in [2.24, 2.45) is 5.92 Å². The van der Waals surface area contributed by atoms with Crippen molar-refractivity contribution >= 4 is 0 Å². The van der Waals surface area contributed by atoms with E-state index in [2.05, 4.69) is 4.98 Å². The van der Waals surface area contributed by atoms with Gasteiger partial charge in [-0.25, -0.2) is 4.39 Å². The molecule has 7 heteroatoms. The van der Waals surface area contributed by atoms with E-state index in [0.717, 1.165) is 6.20 Å². The van der Waals surface area contributed by atoms with E-state index in [4.69, 9.17) is 0 Å². The monoisotopic (exact) mass is 294 g/mol. The lowest BCUT2D eigenvalue weighted by molar-refractivity contribution is -0.137. The molecule has 1 rings (SSSR count). The van der Waals surface area contributed by atoms with E-state index >= 15 is 0 Å². The van der Waals surface area contributed by atoms with Crippen molar-refractivity contribution in [3.63, 3.8) is 0 Å². The van der Waals surface area contributed by atoms with Gasteiger partial charge in [0.15, 0.2) is 0 Å². The van der Waals surface area contributed by atoms with E-state index in [9.17, 15) is 22.7 Å². The molecular formula is C13H18F4N2O. The van der Waals surface area contributed by atoms with Crippen LogP contribution >= 0.6 is 0 Å². The first-order valence-electron chi connectivity index (χ1n) is 6.24. The number of aromatic nitrogens is 1. The fraction of sp³-hybridized carbons (Fsp3) is 0.615. The minimum absolute atomic E-state index is 0.128. The third-order valence-corrected chi connectivity index (χ3v) is 2.97. The molecule has 114 valence electrons. The molecule has 2 atom stereocenters. The Balaban J connectivity index is 2.48. The lowest BCUT2D eigenvalue weighted by Crippen LogP contribution is -2.31. The summed E-state index contributed by atoms with van der Waals surface area (Å²) in [5.41, 5.74) is 0.308. The molecule has 0 saturated carbocycles. The number of halogens is 4. The summed E-state index contributed by atoms with van der Waals surface area (Å²) in [5.74, 6) is -0.818. The van der Waals surface area contributed by atoms with Gasteiger partial charge in [-0.1, -0.05) is 6.92 Å². The van der Waals surface area contributed by atoms with Gasteiger partial charge in [0, 0.05) is 19.0 Å². The van der Waals surface area contributed by atoms with Crippen LogP contribution < -0.4 is 0 Å². The van der Waals surface area contributed by atoms with Gasteiger partial charge in [0.1, 0.15) is 5.82 Å². The average Bonchev–Trinajstić information content (AvgIpc) is 2.35. The lowest BCUT2D eigenvalue weighted by Gasteiger charge is -2.25. The van der Waals surface area contributed by atoms with Gasteiger partial charge in [-0.2, -0.15) is 13.2 Å². The van der Waals surface area contributed by atoms with E-state index in [1.54, 1.807) is 14.0 Å². The Kier molecular flexibility index (Phi) is 5.88. The van der Waals surface area contributed by atoms with Gasteiger partial charge in [0.25, 0.3) is 0 Å². The van der Waals surface area contributed by atoms with E-state index in [1.165, 1.54) is 17.0 Å². The second-order valence-electron chi connectivity index (χ2n) is 4.95. The average molecular weight is 294 g/mol. The standard InChI is InChI=1S/C13H18F4N2O/c1-9(8-19(2)6-5-13(15,16)17)12(20)11-4-3-10(14)7-18-11/h3-4,7,9,12,20H,5-6,8H2,1-2H3. The number of aliphatic hydroxyl groups is 1. The SMILES string of the molecule is CC(CN(C)CCC(F)(F)F)C(O)c1ccc(F)cn1. The molecular weight excluding hydrogens is 276 g/mol. The highest BCUT2D eigenvalue weighted by Gasteiger charge is 2.28. The van der Waals surface area contributed by atoms with Crippen molar-refractivity contribution in [2.75, 3.05) is 20.1 Å². The number of aliphatic hydroxyl groups excluding tert-OH is 1. The van der Waals surface area contributed by atoms with Crippen LogP contribution in [-0.4, -0.2) is 41.3 Å². The third-order valence-electron chi connectivity index (χ3n) is 2.97. The number of alkyl halides is 3. The summed E-state index contributed by atoms with van der Waals surface area (Å²) >= 11 is 0. The van der Waals surface area contributed by atoms with E-state index in [1.807, 2.05) is 0 Å². The second kappa shape index (κ2) is 6.99. The van der Waals surface area contributed by atoms with Crippen molar-refractivity contribution in [3.05, 3.63) is 29.8 Å². The Morgan fingerprint density at radius 2 is 2.00 bits per heavy atom. The van der Waals surface area contributed by atoms with Crippen LogP contribution in [0.2, 0.25) is 0 Å². The minimum atomic E-state index is -4.19. The molecule has 1 heterocycles. The quantitative estimate of drug-likeness (QED) is 0.820. The molecule has 1 aromatic rings. The van der Waals surface area contributed by atoms with Gasteiger partial charge in [-0.3, -0.25) is 4.98 Å². The molecule has 0 amide bonds. The van der Waals surface area contributed by atoms with Gasteiger partial charge in [0.05, 0.1) is 24.4 Å². The summed E-state index contributed by atoms with van der Waals surface area (Å²) in [6.07, 6.45) is -5.02. The summed E-state index contributed by atoms with van der Waals surface area (Å²) in [4.78, 5) is 5.27. The molecule has 0 aromatic carbocycles. The van der Waals surface area contributed by atoms with Crippen molar-refractivity contribution < 1.29 is 22.7 Å². The van der Waals surface area contributed by atoms with E-state index in [-0.39, 0.29) is 19.0 Å². The van der Waals surface area contributed by atoms with Gasteiger partial charge < -0.3 is 10.0 Å². The summed E-state index contributed by atoms with van der Waals surface area (Å²) in [6.45, 7) is 1.87. The Morgan fingerprint density at radius 3 is 2.50 bits per heavy atom. The molecule has 1 aromatic heterocycles. The van der Waals surface area contributed by atoms with Crippen LogP contribution in [0.1, 0.15) is 25.1 Å². The highest BCUT2D eigenvalue weighted by atomic mass is 19.4. The molecule has 1 N–H and O–H groups in total. The first-order valence-corrected chi connectivity index (χ1v) is 6.24. The molecule has 0 saturated heterocycles. The van der Waals surface area contributed by atoms with Crippen LogP contribution in [0.15, 0.2) is 18.3 Å². The van der Waals surface area contributed by atoms with Crippen LogP contribution in [0.4, 0.5) is 17.6 Å². The first-order chi connectivity index (χ1) is 9.19. The van der Waals surface area contributed by atoms with E-state index in [0.29, 0.717) is 5.69 Å². The molecule has 0 aliphatic carbocycles. The largest absolute Gasteiger partial charge is 0.390 e.